The average molecular weight is 479 g/mol. The summed E-state index contributed by atoms with van der Waals surface area (Å²) in [6, 6.07) is 8.28. The molecule has 35 heavy (non-hydrogen) atoms. The van der Waals surface area contributed by atoms with E-state index in [-0.39, 0.29) is 18.2 Å². The lowest BCUT2D eigenvalue weighted by molar-refractivity contribution is -0.384. The lowest BCUT2D eigenvalue weighted by Gasteiger charge is -2.56. The van der Waals surface area contributed by atoms with E-state index in [1.807, 2.05) is 38.7 Å². The van der Waals surface area contributed by atoms with Gasteiger partial charge < -0.3 is 9.64 Å². The van der Waals surface area contributed by atoms with Crippen LogP contribution in [0, 0.1) is 29.4 Å². The molecule has 3 heterocycles. The van der Waals surface area contributed by atoms with Gasteiger partial charge in [-0.3, -0.25) is 25.0 Å². The summed E-state index contributed by atoms with van der Waals surface area (Å²) in [5, 5.41) is 13.9. The summed E-state index contributed by atoms with van der Waals surface area (Å²) >= 11 is 0. The first-order valence-electron chi connectivity index (χ1n) is 11.5. The number of nitro groups is 1. The molecule has 3 aliphatic rings. The Kier molecular flexibility index (Phi) is 5.17. The van der Waals surface area contributed by atoms with Crippen molar-refractivity contribution in [3.8, 4) is 0 Å². The Morgan fingerprint density at radius 3 is 2.57 bits per heavy atom. The van der Waals surface area contributed by atoms with Crippen molar-refractivity contribution >= 4 is 34.9 Å². The minimum absolute atomic E-state index is 0.0907. The van der Waals surface area contributed by atoms with Crippen LogP contribution >= 0.6 is 0 Å². The number of non-ortho nitro benzene ring substituents is 1. The van der Waals surface area contributed by atoms with Crippen LogP contribution in [0.25, 0.3) is 0 Å². The maximum absolute atomic E-state index is 14.3. The number of carbonyl (C=O) groups excluding carboxylic acids is 3. The smallest absolute Gasteiger partial charge is 0.335 e. The molecule has 0 saturated carbocycles. The summed E-state index contributed by atoms with van der Waals surface area (Å²) in [7, 11) is 0. The Morgan fingerprint density at radius 2 is 1.86 bits per heavy atom. The Labute approximate surface area is 202 Å². The second-order valence-corrected chi connectivity index (χ2v) is 9.59. The molecule has 0 aliphatic carbocycles. The largest absolute Gasteiger partial charge is 0.372 e. The number of anilines is 2. The van der Waals surface area contributed by atoms with Crippen LogP contribution in [0.3, 0.4) is 0 Å². The third-order valence-electron chi connectivity index (χ3n) is 7.47. The van der Waals surface area contributed by atoms with E-state index in [1.165, 1.54) is 12.1 Å². The van der Waals surface area contributed by atoms with Gasteiger partial charge in [0.25, 0.3) is 11.6 Å². The minimum atomic E-state index is -1.72. The number of ether oxygens (including phenoxy) is 1. The highest BCUT2D eigenvalue weighted by Crippen LogP contribution is 2.49. The van der Waals surface area contributed by atoms with E-state index in [0.717, 1.165) is 21.7 Å². The van der Waals surface area contributed by atoms with Gasteiger partial charge in [-0.1, -0.05) is 12.1 Å². The number of rotatable bonds is 2. The number of hydrogen-bond acceptors (Lipinski definition) is 7. The van der Waals surface area contributed by atoms with Gasteiger partial charge in [-0.2, -0.15) is 0 Å². The van der Waals surface area contributed by atoms with Crippen molar-refractivity contribution in [3.63, 3.8) is 0 Å². The molecule has 10 heteroatoms. The van der Waals surface area contributed by atoms with E-state index in [0.29, 0.717) is 17.8 Å². The molecule has 0 aromatic heterocycles. The lowest BCUT2D eigenvalue weighted by atomic mass is 9.66. The summed E-state index contributed by atoms with van der Waals surface area (Å²) in [5.74, 6) is -1.37. The quantitative estimate of drug-likeness (QED) is 0.400. The average Bonchev–Trinajstić information content (AvgIpc) is 2.79. The Bertz CT molecular complexity index is 1290. The van der Waals surface area contributed by atoms with E-state index in [1.54, 1.807) is 18.2 Å². The van der Waals surface area contributed by atoms with Crippen LogP contribution in [0.1, 0.15) is 30.5 Å². The third kappa shape index (κ3) is 3.23. The Balaban J connectivity index is 1.73. The minimum Gasteiger partial charge on any atom is -0.372 e. The number of imide groups is 2. The molecule has 10 nitrogen and oxygen atoms in total. The molecule has 1 N–H and O–H groups in total. The highest BCUT2D eigenvalue weighted by molar-refractivity contribution is 6.31. The number of aryl methyl sites for hydroxylation is 1. The van der Waals surface area contributed by atoms with Gasteiger partial charge in [-0.15, -0.1) is 0 Å². The fraction of sp³-hybridized carbons (Fsp3) is 0.400. The van der Waals surface area contributed by atoms with Gasteiger partial charge in [0.05, 0.1) is 28.9 Å². The SMILES string of the molecule is Cc1cccc(N2C(=O)NC(=O)[C@@]3(Cc4cc([N+](=O)[O-])ccc4N4C[C@@H](C)O[C@@H](C)[C@@H]43)C2=O)c1C. The molecule has 182 valence electrons. The van der Waals surface area contributed by atoms with Gasteiger partial charge in [-0.25, -0.2) is 9.69 Å². The fourth-order valence-electron chi connectivity index (χ4n) is 5.82. The van der Waals surface area contributed by atoms with Gasteiger partial charge in [0.1, 0.15) is 0 Å². The van der Waals surface area contributed by atoms with Gasteiger partial charge >= 0.3 is 6.03 Å². The van der Waals surface area contributed by atoms with E-state index in [9.17, 15) is 24.5 Å². The van der Waals surface area contributed by atoms with Crippen LogP contribution in [0.2, 0.25) is 0 Å². The number of fused-ring (bicyclic) bond motifs is 4. The number of urea groups is 1. The molecule has 2 fully saturated rings. The van der Waals surface area contributed by atoms with Crippen molar-refractivity contribution < 1.29 is 24.0 Å². The van der Waals surface area contributed by atoms with E-state index < -0.39 is 40.3 Å². The zero-order valence-electron chi connectivity index (χ0n) is 19.9. The number of amides is 4. The molecule has 4 amide bonds. The first kappa shape index (κ1) is 23.0. The molecule has 2 aromatic rings. The Morgan fingerprint density at radius 1 is 1.11 bits per heavy atom. The standard InChI is InChI=1S/C25H26N4O6/c1-13-6-5-7-19(15(13)3)28-23(31)25(22(30)26-24(28)32)11-17-10-18(29(33)34)8-9-20(17)27-12-14(2)35-16(4)21(25)27/h5-10,14,16,21H,11-12H2,1-4H3,(H,26,30,32)/t14-,16+,21-,25+/m1/s1. The summed E-state index contributed by atoms with van der Waals surface area (Å²) in [5.41, 5.74) is 1.42. The van der Waals surface area contributed by atoms with Crippen LogP contribution < -0.4 is 15.1 Å². The summed E-state index contributed by atoms with van der Waals surface area (Å²) in [6.45, 7) is 7.79. The predicted molar refractivity (Wildman–Crippen MR) is 127 cm³/mol. The summed E-state index contributed by atoms with van der Waals surface area (Å²) in [6.07, 6.45) is -0.810. The van der Waals surface area contributed by atoms with Crippen molar-refractivity contribution in [3.05, 3.63) is 63.2 Å². The summed E-state index contributed by atoms with van der Waals surface area (Å²) in [4.78, 5) is 55.0. The predicted octanol–water partition coefficient (Wildman–Crippen LogP) is 3.02. The zero-order chi connectivity index (χ0) is 25.2. The molecule has 4 atom stereocenters. The van der Waals surface area contributed by atoms with E-state index >= 15 is 0 Å². The van der Waals surface area contributed by atoms with Crippen LogP contribution in [0.4, 0.5) is 21.9 Å². The molecule has 1 spiro atoms. The number of barbiturate groups is 1. The summed E-state index contributed by atoms with van der Waals surface area (Å²) < 4.78 is 6.08. The highest BCUT2D eigenvalue weighted by Gasteiger charge is 2.65. The monoisotopic (exact) mass is 478 g/mol. The fourth-order valence-corrected chi connectivity index (χ4v) is 5.82. The molecule has 3 aliphatic heterocycles. The number of morpholine rings is 1. The molecular formula is C25H26N4O6. The van der Waals surface area contributed by atoms with Crippen LogP contribution in [-0.4, -0.2) is 47.6 Å². The first-order valence-corrected chi connectivity index (χ1v) is 11.5. The highest BCUT2D eigenvalue weighted by atomic mass is 16.6. The zero-order valence-corrected chi connectivity index (χ0v) is 19.9. The van der Waals surface area contributed by atoms with Gasteiger partial charge in [-0.05, 0) is 56.5 Å². The topological polar surface area (TPSA) is 122 Å². The van der Waals surface area contributed by atoms with Gasteiger partial charge in [0, 0.05) is 30.8 Å². The van der Waals surface area contributed by atoms with Crippen molar-refractivity contribution in [1.82, 2.24) is 5.32 Å². The maximum Gasteiger partial charge on any atom is 0.335 e. The van der Waals surface area contributed by atoms with Crippen molar-refractivity contribution in [2.75, 3.05) is 16.3 Å². The van der Waals surface area contributed by atoms with E-state index in [2.05, 4.69) is 5.32 Å². The second-order valence-electron chi connectivity index (χ2n) is 9.59. The van der Waals surface area contributed by atoms with Crippen LogP contribution in [0.15, 0.2) is 36.4 Å². The molecule has 2 saturated heterocycles. The van der Waals surface area contributed by atoms with Crippen molar-refractivity contribution in [2.45, 2.75) is 52.4 Å². The number of benzene rings is 2. The lowest BCUT2D eigenvalue weighted by Crippen LogP contribution is -2.76. The number of nitro benzene ring substituents is 1. The molecule has 0 unspecified atom stereocenters. The number of hydrogen-bond donors (Lipinski definition) is 1. The maximum atomic E-state index is 14.3. The third-order valence-corrected chi connectivity index (χ3v) is 7.47. The Hall–Kier alpha value is -3.79. The number of nitrogens with one attached hydrogen (secondary N) is 1. The van der Waals surface area contributed by atoms with E-state index in [4.69, 9.17) is 4.74 Å². The van der Waals surface area contributed by atoms with Crippen LogP contribution in [-0.2, 0) is 20.7 Å². The number of carbonyl (C=O) groups is 3. The molecule has 0 radical (unpaired) electrons. The molecular weight excluding hydrogens is 452 g/mol. The normalized spacial score (nSPS) is 28.0. The first-order chi connectivity index (χ1) is 16.6. The van der Waals surface area contributed by atoms with Crippen molar-refractivity contribution in [2.24, 2.45) is 5.41 Å². The second kappa shape index (κ2) is 7.88. The molecule has 5 rings (SSSR count). The van der Waals surface area contributed by atoms with Gasteiger partial charge in [0.2, 0.25) is 5.91 Å². The van der Waals surface area contributed by atoms with Crippen LogP contribution in [0.5, 0.6) is 0 Å². The van der Waals surface area contributed by atoms with Crippen molar-refractivity contribution in [1.29, 1.82) is 0 Å². The van der Waals surface area contributed by atoms with Gasteiger partial charge in [0.15, 0.2) is 5.41 Å². The number of nitrogens with zero attached hydrogens (tertiary/aromatic N) is 3. The molecule has 0 bridgehead atoms. The molecule has 2 aromatic carbocycles.